The summed E-state index contributed by atoms with van der Waals surface area (Å²) >= 11 is 1.84. The molecule has 0 aliphatic carbocycles. The lowest BCUT2D eigenvalue weighted by molar-refractivity contribution is -0.128. The van der Waals surface area contributed by atoms with E-state index >= 15 is 0 Å². The molecule has 3 heterocycles. The van der Waals surface area contributed by atoms with Crippen molar-refractivity contribution in [3.8, 4) is 0 Å². The minimum Gasteiger partial charge on any atom is -0.367 e. The number of rotatable bonds is 5. The molecular weight excluding hydrogens is 418 g/mol. The zero-order valence-electron chi connectivity index (χ0n) is 18.2. The van der Waals surface area contributed by atoms with E-state index in [0.29, 0.717) is 13.1 Å². The van der Waals surface area contributed by atoms with Gasteiger partial charge in [0.05, 0.1) is 5.92 Å². The summed E-state index contributed by atoms with van der Waals surface area (Å²) in [4.78, 5) is 30.9. The Morgan fingerprint density at radius 1 is 1.09 bits per heavy atom. The van der Waals surface area contributed by atoms with Crippen molar-refractivity contribution < 1.29 is 9.59 Å². The maximum atomic E-state index is 12.8. The van der Waals surface area contributed by atoms with Crippen LogP contribution < -0.4 is 10.2 Å². The van der Waals surface area contributed by atoms with E-state index in [2.05, 4.69) is 33.8 Å². The molecule has 3 aromatic rings. The van der Waals surface area contributed by atoms with Crippen molar-refractivity contribution in [1.82, 2.24) is 4.90 Å². The van der Waals surface area contributed by atoms with Gasteiger partial charge in [-0.15, -0.1) is 11.3 Å². The first-order valence-electron chi connectivity index (χ1n) is 11.1. The van der Waals surface area contributed by atoms with Crippen molar-refractivity contribution in [2.75, 3.05) is 23.3 Å². The summed E-state index contributed by atoms with van der Waals surface area (Å²) in [6.45, 7) is 5.02. The average molecular weight is 446 g/mol. The molecular formula is C26H27N3O2S. The van der Waals surface area contributed by atoms with Crippen molar-refractivity contribution in [3.05, 3.63) is 81.5 Å². The van der Waals surface area contributed by atoms with Crippen molar-refractivity contribution in [2.45, 2.75) is 32.9 Å². The van der Waals surface area contributed by atoms with Gasteiger partial charge in [-0.1, -0.05) is 29.8 Å². The van der Waals surface area contributed by atoms with Gasteiger partial charge < -0.3 is 15.1 Å². The van der Waals surface area contributed by atoms with Crippen LogP contribution in [0.25, 0.3) is 0 Å². The van der Waals surface area contributed by atoms with Crippen molar-refractivity contribution in [2.24, 2.45) is 5.92 Å². The van der Waals surface area contributed by atoms with E-state index in [-0.39, 0.29) is 24.2 Å². The van der Waals surface area contributed by atoms with E-state index in [1.54, 1.807) is 4.90 Å². The van der Waals surface area contributed by atoms with Gasteiger partial charge in [-0.25, -0.2) is 0 Å². The van der Waals surface area contributed by atoms with Crippen LogP contribution >= 0.6 is 11.3 Å². The maximum Gasteiger partial charge on any atom is 0.229 e. The molecule has 1 N–H and O–H groups in total. The van der Waals surface area contributed by atoms with Crippen molar-refractivity contribution >= 4 is 34.5 Å². The Bertz CT molecular complexity index is 1120. The number of aryl methyl sites for hydroxylation is 1. The second-order valence-electron chi connectivity index (χ2n) is 8.74. The Kier molecular flexibility index (Phi) is 5.70. The van der Waals surface area contributed by atoms with Crippen LogP contribution in [-0.4, -0.2) is 29.8 Å². The third-order valence-electron chi connectivity index (χ3n) is 6.39. The molecule has 1 aromatic heterocycles. The van der Waals surface area contributed by atoms with Gasteiger partial charge in [0.25, 0.3) is 0 Å². The molecule has 5 rings (SSSR count). The lowest BCUT2D eigenvalue weighted by atomic mass is 10.1. The summed E-state index contributed by atoms with van der Waals surface area (Å²) in [5, 5.41) is 5.17. The topological polar surface area (TPSA) is 52.7 Å². The fraction of sp³-hybridized carbons (Fsp3) is 0.308. The molecule has 6 heteroatoms. The van der Waals surface area contributed by atoms with Crippen LogP contribution in [0.3, 0.4) is 0 Å². The number of nitrogens with zero attached hydrogens (tertiary/aromatic N) is 2. The number of thiophene rings is 1. The third-order valence-corrected chi connectivity index (χ3v) is 7.41. The molecule has 2 amide bonds. The third kappa shape index (κ3) is 4.41. The molecule has 164 valence electrons. The molecule has 0 spiro atoms. The summed E-state index contributed by atoms with van der Waals surface area (Å²) in [6, 6.07) is 18.4. The normalized spacial score (nSPS) is 18.0. The second-order valence-corrected chi connectivity index (χ2v) is 9.74. The number of hydrogen-bond acceptors (Lipinski definition) is 4. The minimum atomic E-state index is -0.313. The molecule has 1 saturated heterocycles. The molecule has 2 aliphatic heterocycles. The molecule has 2 aromatic carbocycles. The molecule has 1 fully saturated rings. The van der Waals surface area contributed by atoms with Gasteiger partial charge in [0.2, 0.25) is 11.8 Å². The first kappa shape index (κ1) is 20.8. The number of carbonyl (C=O) groups is 2. The highest BCUT2D eigenvalue weighted by Gasteiger charge is 2.34. The minimum absolute atomic E-state index is 0.0407. The monoisotopic (exact) mass is 445 g/mol. The quantitative estimate of drug-likeness (QED) is 0.624. The van der Waals surface area contributed by atoms with Gasteiger partial charge in [-0.3, -0.25) is 9.59 Å². The lowest BCUT2D eigenvalue weighted by Crippen LogP contribution is -2.29. The van der Waals surface area contributed by atoms with E-state index in [0.717, 1.165) is 30.8 Å². The molecule has 0 saturated carbocycles. The van der Waals surface area contributed by atoms with Gasteiger partial charge in [-0.05, 0) is 60.2 Å². The smallest absolute Gasteiger partial charge is 0.229 e. The Balaban J connectivity index is 1.17. The van der Waals surface area contributed by atoms with Crippen LogP contribution in [0.15, 0.2) is 60.0 Å². The van der Waals surface area contributed by atoms with Crippen molar-refractivity contribution in [1.29, 1.82) is 0 Å². The van der Waals surface area contributed by atoms with Crippen molar-refractivity contribution in [3.63, 3.8) is 0 Å². The summed E-state index contributed by atoms with van der Waals surface area (Å²) < 4.78 is 0. The van der Waals surface area contributed by atoms with Gasteiger partial charge in [0, 0.05) is 48.9 Å². The van der Waals surface area contributed by atoms with Gasteiger partial charge in [0.15, 0.2) is 0 Å². The zero-order chi connectivity index (χ0) is 22.1. The molecule has 0 radical (unpaired) electrons. The largest absolute Gasteiger partial charge is 0.367 e. The number of anilines is 2. The lowest BCUT2D eigenvalue weighted by Gasteiger charge is -2.29. The van der Waals surface area contributed by atoms with Crippen LogP contribution in [-0.2, 0) is 29.1 Å². The maximum absolute atomic E-state index is 12.8. The molecule has 1 unspecified atom stereocenters. The fourth-order valence-electron chi connectivity index (χ4n) is 4.48. The molecule has 2 aliphatic rings. The van der Waals surface area contributed by atoms with E-state index in [4.69, 9.17) is 0 Å². The van der Waals surface area contributed by atoms with Crippen LogP contribution in [0.1, 0.15) is 28.0 Å². The standard InChI is InChI=1S/C26H27N3O2S/c1-18-2-4-19(5-3-18)15-29-17-21(14-25(29)30)26(31)27-22-6-8-23(9-7-22)28-12-10-24-20(16-28)11-13-32-24/h2-9,11,13,21H,10,12,14-17H2,1H3,(H,27,31). The van der Waals surface area contributed by atoms with Crippen LogP contribution in [0.5, 0.6) is 0 Å². The summed E-state index contributed by atoms with van der Waals surface area (Å²) in [6.07, 6.45) is 1.35. The Labute approximate surface area is 192 Å². The molecule has 32 heavy (non-hydrogen) atoms. The summed E-state index contributed by atoms with van der Waals surface area (Å²) in [5.74, 6) is -0.357. The molecule has 0 bridgehead atoms. The van der Waals surface area contributed by atoms with Gasteiger partial charge >= 0.3 is 0 Å². The number of hydrogen-bond donors (Lipinski definition) is 1. The van der Waals surface area contributed by atoms with Gasteiger partial charge in [0.1, 0.15) is 0 Å². The number of amides is 2. The Morgan fingerprint density at radius 3 is 2.66 bits per heavy atom. The number of nitrogens with one attached hydrogen (secondary N) is 1. The predicted molar refractivity (Wildman–Crippen MR) is 129 cm³/mol. The highest BCUT2D eigenvalue weighted by Crippen LogP contribution is 2.29. The summed E-state index contributed by atoms with van der Waals surface area (Å²) in [7, 11) is 0. The Morgan fingerprint density at radius 2 is 1.88 bits per heavy atom. The molecule has 1 atom stereocenters. The SMILES string of the molecule is Cc1ccc(CN2CC(C(=O)Nc3ccc(N4CCc5sccc5C4)cc3)CC2=O)cc1. The van der Waals surface area contributed by atoms with E-state index < -0.39 is 0 Å². The predicted octanol–water partition coefficient (Wildman–Crippen LogP) is 4.61. The average Bonchev–Trinajstić information content (AvgIpc) is 3.42. The van der Waals surface area contributed by atoms with E-state index in [1.165, 1.54) is 21.7 Å². The fourth-order valence-corrected chi connectivity index (χ4v) is 5.37. The molecule has 5 nitrogen and oxygen atoms in total. The number of carbonyl (C=O) groups excluding carboxylic acids is 2. The van der Waals surface area contributed by atoms with E-state index in [1.807, 2.05) is 54.7 Å². The number of benzene rings is 2. The number of likely N-dealkylation sites (tertiary alicyclic amines) is 1. The first-order valence-corrected chi connectivity index (χ1v) is 12.0. The number of fused-ring (bicyclic) bond motifs is 1. The first-order chi connectivity index (χ1) is 15.5. The van der Waals surface area contributed by atoms with E-state index in [9.17, 15) is 9.59 Å². The van der Waals surface area contributed by atoms with Gasteiger partial charge in [-0.2, -0.15) is 0 Å². The van der Waals surface area contributed by atoms with Crippen LogP contribution in [0.4, 0.5) is 11.4 Å². The highest BCUT2D eigenvalue weighted by atomic mass is 32.1. The second kappa shape index (κ2) is 8.79. The zero-order valence-corrected chi connectivity index (χ0v) is 19.0. The highest BCUT2D eigenvalue weighted by molar-refractivity contribution is 7.10. The summed E-state index contributed by atoms with van der Waals surface area (Å²) in [5.41, 5.74) is 5.64. The van der Waals surface area contributed by atoms with Crippen LogP contribution in [0, 0.1) is 12.8 Å². The Hall–Kier alpha value is -3.12. The van der Waals surface area contributed by atoms with Crippen LogP contribution in [0.2, 0.25) is 0 Å².